The lowest BCUT2D eigenvalue weighted by Crippen LogP contribution is -2.36. The Kier molecular flexibility index (Phi) is 5.81. The molecule has 30 heavy (non-hydrogen) atoms. The van der Waals surface area contributed by atoms with E-state index in [0.717, 1.165) is 18.4 Å². The first-order valence-electron chi connectivity index (χ1n) is 10.1. The number of likely N-dealkylation sites (tertiary alicyclic amines) is 1. The monoisotopic (exact) mass is 408 g/mol. The van der Waals surface area contributed by atoms with E-state index in [2.05, 4.69) is 4.98 Å². The van der Waals surface area contributed by atoms with Crippen molar-refractivity contribution in [2.75, 3.05) is 19.8 Å². The van der Waals surface area contributed by atoms with Crippen LogP contribution >= 0.6 is 0 Å². The summed E-state index contributed by atoms with van der Waals surface area (Å²) in [6.45, 7) is 3.40. The van der Waals surface area contributed by atoms with E-state index in [1.54, 1.807) is 24.3 Å². The molecular weight excluding hydrogens is 384 g/mol. The first kappa shape index (κ1) is 20.1. The van der Waals surface area contributed by atoms with E-state index in [0.29, 0.717) is 31.1 Å². The van der Waals surface area contributed by atoms with Gasteiger partial charge in [-0.25, -0.2) is 0 Å². The van der Waals surface area contributed by atoms with Crippen LogP contribution in [-0.2, 0) is 14.3 Å². The molecule has 0 aliphatic carbocycles. The SMILES string of the molecule is CCOc1ccc(C2/C(=C(/O)c3ccncc3)C(=O)C(=O)N2CC2CCCO2)cc1. The molecule has 1 aromatic heterocycles. The maximum atomic E-state index is 13.0. The fourth-order valence-electron chi connectivity index (χ4n) is 4.00. The Bertz CT molecular complexity index is 949. The molecule has 2 saturated heterocycles. The molecule has 1 amide bonds. The number of aliphatic hydroxyl groups is 1. The number of amides is 1. The van der Waals surface area contributed by atoms with E-state index in [4.69, 9.17) is 9.47 Å². The number of nitrogens with zero attached hydrogens (tertiary/aromatic N) is 2. The molecule has 156 valence electrons. The Hall–Kier alpha value is -3.19. The van der Waals surface area contributed by atoms with Crippen molar-refractivity contribution >= 4 is 17.4 Å². The van der Waals surface area contributed by atoms with Gasteiger partial charge in [-0.05, 0) is 49.6 Å². The highest BCUT2D eigenvalue weighted by atomic mass is 16.5. The van der Waals surface area contributed by atoms with Crippen molar-refractivity contribution in [3.63, 3.8) is 0 Å². The van der Waals surface area contributed by atoms with Gasteiger partial charge in [0.05, 0.1) is 24.3 Å². The Morgan fingerprint density at radius 3 is 2.57 bits per heavy atom. The molecule has 7 nitrogen and oxygen atoms in total. The zero-order valence-corrected chi connectivity index (χ0v) is 16.8. The van der Waals surface area contributed by atoms with Gasteiger partial charge in [0.2, 0.25) is 0 Å². The predicted octanol–water partition coefficient (Wildman–Crippen LogP) is 3.08. The highest BCUT2D eigenvalue weighted by molar-refractivity contribution is 6.46. The zero-order chi connectivity index (χ0) is 21.1. The largest absolute Gasteiger partial charge is 0.507 e. The van der Waals surface area contributed by atoms with E-state index < -0.39 is 17.7 Å². The molecular formula is C23H24N2O5. The number of aliphatic hydroxyl groups excluding tert-OH is 1. The van der Waals surface area contributed by atoms with Crippen LogP contribution in [0.1, 0.15) is 36.9 Å². The van der Waals surface area contributed by atoms with Gasteiger partial charge in [-0.15, -0.1) is 0 Å². The fourth-order valence-corrected chi connectivity index (χ4v) is 4.00. The Labute approximate surface area is 174 Å². The molecule has 0 saturated carbocycles. The van der Waals surface area contributed by atoms with Crippen molar-refractivity contribution in [3.8, 4) is 5.75 Å². The summed E-state index contributed by atoms with van der Waals surface area (Å²) in [5, 5.41) is 11.0. The highest BCUT2D eigenvalue weighted by Crippen LogP contribution is 2.40. The zero-order valence-electron chi connectivity index (χ0n) is 16.8. The third-order valence-corrected chi connectivity index (χ3v) is 5.42. The second-order valence-electron chi connectivity index (χ2n) is 7.32. The molecule has 2 unspecified atom stereocenters. The average molecular weight is 408 g/mol. The van der Waals surface area contributed by atoms with Crippen molar-refractivity contribution in [2.45, 2.75) is 31.9 Å². The number of benzene rings is 1. The van der Waals surface area contributed by atoms with Gasteiger partial charge < -0.3 is 19.5 Å². The predicted molar refractivity (Wildman–Crippen MR) is 110 cm³/mol. The summed E-state index contributed by atoms with van der Waals surface area (Å²) in [5.41, 5.74) is 1.25. The topological polar surface area (TPSA) is 89.0 Å². The van der Waals surface area contributed by atoms with E-state index in [1.165, 1.54) is 17.3 Å². The molecule has 2 fully saturated rings. The number of aromatic nitrogens is 1. The molecule has 2 aromatic rings. The number of pyridine rings is 1. The molecule has 1 aromatic carbocycles. The van der Waals surface area contributed by atoms with Crippen molar-refractivity contribution in [3.05, 3.63) is 65.5 Å². The number of carbonyl (C=O) groups excluding carboxylic acids is 2. The molecule has 7 heteroatoms. The van der Waals surface area contributed by atoms with Crippen LogP contribution in [0.15, 0.2) is 54.4 Å². The smallest absolute Gasteiger partial charge is 0.295 e. The van der Waals surface area contributed by atoms with Crippen LogP contribution in [-0.4, -0.2) is 52.5 Å². The number of ketones is 1. The lowest BCUT2D eigenvalue weighted by atomic mass is 9.95. The molecule has 0 bridgehead atoms. The van der Waals surface area contributed by atoms with E-state index in [9.17, 15) is 14.7 Å². The maximum Gasteiger partial charge on any atom is 0.295 e. The lowest BCUT2D eigenvalue weighted by molar-refractivity contribution is -0.140. The van der Waals surface area contributed by atoms with Crippen LogP contribution in [0, 0.1) is 0 Å². The highest BCUT2D eigenvalue weighted by Gasteiger charge is 2.47. The summed E-state index contributed by atoms with van der Waals surface area (Å²) >= 11 is 0. The number of ether oxygens (including phenoxy) is 2. The normalized spacial score (nSPS) is 23.2. The third kappa shape index (κ3) is 3.80. The van der Waals surface area contributed by atoms with Gasteiger partial charge in [-0.2, -0.15) is 0 Å². The van der Waals surface area contributed by atoms with Crippen molar-refractivity contribution < 1.29 is 24.2 Å². The molecule has 3 heterocycles. The second-order valence-corrected chi connectivity index (χ2v) is 7.32. The standard InChI is InChI=1S/C23H24N2O5/c1-2-29-17-7-5-15(6-8-17)20-19(21(26)16-9-11-24-12-10-16)22(27)23(28)25(20)14-18-4-3-13-30-18/h5-12,18,20,26H,2-4,13-14H2,1H3/b21-19-. The van der Waals surface area contributed by atoms with Crippen LogP contribution < -0.4 is 4.74 Å². The maximum absolute atomic E-state index is 13.0. The molecule has 4 rings (SSSR count). The van der Waals surface area contributed by atoms with Crippen LogP contribution in [0.2, 0.25) is 0 Å². The quantitative estimate of drug-likeness (QED) is 0.449. The molecule has 0 radical (unpaired) electrons. The molecule has 0 spiro atoms. The molecule has 2 aliphatic rings. The van der Waals surface area contributed by atoms with Crippen LogP contribution in [0.25, 0.3) is 5.76 Å². The van der Waals surface area contributed by atoms with E-state index in [1.807, 2.05) is 19.1 Å². The summed E-state index contributed by atoms with van der Waals surface area (Å²) in [7, 11) is 0. The lowest BCUT2D eigenvalue weighted by Gasteiger charge is -2.27. The first-order chi connectivity index (χ1) is 14.6. The van der Waals surface area contributed by atoms with Crippen molar-refractivity contribution in [2.24, 2.45) is 0 Å². The van der Waals surface area contributed by atoms with Gasteiger partial charge in [-0.3, -0.25) is 14.6 Å². The molecule has 2 atom stereocenters. The van der Waals surface area contributed by atoms with E-state index >= 15 is 0 Å². The third-order valence-electron chi connectivity index (χ3n) is 5.42. The summed E-state index contributed by atoms with van der Waals surface area (Å²) in [6.07, 6.45) is 4.71. The number of hydrogen-bond donors (Lipinski definition) is 1. The average Bonchev–Trinajstić information content (AvgIpc) is 3.37. The Morgan fingerprint density at radius 1 is 1.20 bits per heavy atom. The van der Waals surface area contributed by atoms with Gasteiger partial charge in [0.15, 0.2) is 0 Å². The molecule has 2 aliphatic heterocycles. The van der Waals surface area contributed by atoms with Gasteiger partial charge in [-0.1, -0.05) is 12.1 Å². The summed E-state index contributed by atoms with van der Waals surface area (Å²) in [4.78, 5) is 31.4. The van der Waals surface area contributed by atoms with Gasteiger partial charge in [0.25, 0.3) is 11.7 Å². The van der Waals surface area contributed by atoms with Gasteiger partial charge in [0, 0.05) is 31.1 Å². The minimum Gasteiger partial charge on any atom is -0.507 e. The van der Waals surface area contributed by atoms with Crippen LogP contribution in [0.5, 0.6) is 5.75 Å². The summed E-state index contributed by atoms with van der Waals surface area (Å²) < 4.78 is 11.2. The van der Waals surface area contributed by atoms with Crippen molar-refractivity contribution in [1.82, 2.24) is 9.88 Å². The fraction of sp³-hybridized carbons (Fsp3) is 0.348. The van der Waals surface area contributed by atoms with Gasteiger partial charge >= 0.3 is 0 Å². The first-order valence-corrected chi connectivity index (χ1v) is 10.1. The Balaban J connectivity index is 1.78. The van der Waals surface area contributed by atoms with Gasteiger partial charge in [0.1, 0.15) is 11.5 Å². The second kappa shape index (κ2) is 8.67. The van der Waals surface area contributed by atoms with Crippen LogP contribution in [0.3, 0.4) is 0 Å². The minimum absolute atomic E-state index is 0.0772. The minimum atomic E-state index is -0.696. The number of Topliss-reactive ketones (excluding diaryl/α,β-unsaturated/α-hetero) is 1. The van der Waals surface area contributed by atoms with E-state index in [-0.39, 0.29) is 17.4 Å². The summed E-state index contributed by atoms with van der Waals surface area (Å²) in [5.74, 6) is -0.822. The number of hydrogen-bond acceptors (Lipinski definition) is 6. The molecule has 1 N–H and O–H groups in total. The Morgan fingerprint density at radius 2 is 1.93 bits per heavy atom. The summed E-state index contributed by atoms with van der Waals surface area (Å²) in [6, 6.07) is 9.77. The number of carbonyl (C=O) groups is 2. The van der Waals surface area contributed by atoms with Crippen LogP contribution in [0.4, 0.5) is 0 Å². The van der Waals surface area contributed by atoms with Crippen molar-refractivity contribution in [1.29, 1.82) is 0 Å². The number of rotatable bonds is 6.